The van der Waals surface area contributed by atoms with E-state index in [4.69, 9.17) is 4.74 Å². The second-order valence-corrected chi connectivity index (χ2v) is 5.89. The maximum atomic E-state index is 5.61. The fourth-order valence-electron chi connectivity index (χ4n) is 3.17. The van der Waals surface area contributed by atoms with Gasteiger partial charge in [-0.2, -0.15) is 0 Å². The van der Waals surface area contributed by atoms with E-state index in [0.717, 1.165) is 19.1 Å². The summed E-state index contributed by atoms with van der Waals surface area (Å²) < 4.78 is 5.61. The van der Waals surface area contributed by atoms with Crippen molar-refractivity contribution >= 4 is 0 Å². The summed E-state index contributed by atoms with van der Waals surface area (Å²) in [4.78, 5) is 0. The highest BCUT2D eigenvalue weighted by Crippen LogP contribution is 2.29. The minimum atomic E-state index is 0.449. The van der Waals surface area contributed by atoms with E-state index in [9.17, 15) is 0 Å². The monoisotopic (exact) mass is 240 g/mol. The molecular formula is C14H28N2O. The lowest BCUT2D eigenvalue weighted by Crippen LogP contribution is -2.47. The zero-order valence-electron chi connectivity index (χ0n) is 11.4. The van der Waals surface area contributed by atoms with Crippen LogP contribution in [0.1, 0.15) is 39.5 Å². The lowest BCUT2D eigenvalue weighted by atomic mass is 9.78. The lowest BCUT2D eigenvalue weighted by molar-refractivity contribution is 0.103. The Kier molecular flexibility index (Phi) is 4.83. The Bertz CT molecular complexity index is 226. The third-order valence-electron chi connectivity index (χ3n) is 4.75. The highest BCUT2D eigenvalue weighted by atomic mass is 16.5. The first-order chi connectivity index (χ1) is 8.26. The van der Waals surface area contributed by atoms with E-state index in [2.05, 4.69) is 24.5 Å². The van der Waals surface area contributed by atoms with E-state index >= 15 is 0 Å². The summed E-state index contributed by atoms with van der Waals surface area (Å²) in [5, 5.41) is 7.25. The van der Waals surface area contributed by atoms with Gasteiger partial charge in [0.05, 0.1) is 6.10 Å². The lowest BCUT2D eigenvalue weighted by Gasteiger charge is -2.37. The van der Waals surface area contributed by atoms with Gasteiger partial charge in [-0.25, -0.2) is 0 Å². The molecule has 2 aliphatic heterocycles. The summed E-state index contributed by atoms with van der Waals surface area (Å²) in [7, 11) is 0. The zero-order valence-corrected chi connectivity index (χ0v) is 11.4. The maximum absolute atomic E-state index is 5.61. The van der Waals surface area contributed by atoms with Crippen molar-refractivity contribution in [3.05, 3.63) is 0 Å². The quantitative estimate of drug-likeness (QED) is 0.768. The van der Waals surface area contributed by atoms with Gasteiger partial charge in [0.25, 0.3) is 0 Å². The number of piperidine rings is 1. The summed E-state index contributed by atoms with van der Waals surface area (Å²) in [6.45, 7) is 10.2. The van der Waals surface area contributed by atoms with Crippen LogP contribution in [0.2, 0.25) is 0 Å². The number of nitrogens with one attached hydrogen (secondary N) is 2. The molecule has 17 heavy (non-hydrogen) atoms. The van der Waals surface area contributed by atoms with Crippen molar-refractivity contribution < 1.29 is 4.74 Å². The Morgan fingerprint density at radius 3 is 2.94 bits per heavy atom. The van der Waals surface area contributed by atoms with Crippen molar-refractivity contribution in [2.45, 2.75) is 45.6 Å². The van der Waals surface area contributed by atoms with E-state index in [1.165, 1.54) is 45.3 Å². The van der Waals surface area contributed by atoms with Crippen LogP contribution in [-0.4, -0.2) is 38.9 Å². The largest absolute Gasteiger partial charge is 0.378 e. The Balaban J connectivity index is 1.72. The zero-order chi connectivity index (χ0) is 12.1. The minimum absolute atomic E-state index is 0.449. The van der Waals surface area contributed by atoms with Gasteiger partial charge in [-0.3, -0.25) is 0 Å². The smallest absolute Gasteiger partial charge is 0.0588 e. The van der Waals surface area contributed by atoms with Crippen LogP contribution in [0.4, 0.5) is 0 Å². The van der Waals surface area contributed by atoms with Gasteiger partial charge in [0.1, 0.15) is 0 Å². The van der Waals surface area contributed by atoms with E-state index in [1.807, 2.05) is 0 Å². The van der Waals surface area contributed by atoms with Crippen molar-refractivity contribution in [3.63, 3.8) is 0 Å². The van der Waals surface area contributed by atoms with E-state index in [-0.39, 0.29) is 0 Å². The Labute approximate surface area is 106 Å². The Hall–Kier alpha value is -0.120. The predicted octanol–water partition coefficient (Wildman–Crippen LogP) is 1.78. The summed E-state index contributed by atoms with van der Waals surface area (Å²) >= 11 is 0. The molecule has 2 aliphatic rings. The average molecular weight is 240 g/mol. The molecule has 2 heterocycles. The standard InChI is InChI=1S/C14H28N2O/c1-3-14(6-4-7-15-10-14)11-16-9-13-5-8-17-12(13)2/h12-13,15-16H,3-11H2,1-2H3. The van der Waals surface area contributed by atoms with Gasteiger partial charge >= 0.3 is 0 Å². The van der Waals surface area contributed by atoms with Crippen molar-refractivity contribution in [2.75, 3.05) is 32.8 Å². The van der Waals surface area contributed by atoms with Gasteiger partial charge in [0, 0.05) is 26.2 Å². The first-order valence-electron chi connectivity index (χ1n) is 7.29. The number of ether oxygens (including phenoxy) is 1. The normalized spacial score (nSPS) is 38.5. The molecule has 0 bridgehead atoms. The second kappa shape index (κ2) is 6.17. The highest BCUT2D eigenvalue weighted by molar-refractivity contribution is 4.87. The van der Waals surface area contributed by atoms with Crippen LogP contribution in [0.25, 0.3) is 0 Å². The third kappa shape index (κ3) is 3.43. The molecule has 3 unspecified atom stereocenters. The van der Waals surface area contributed by atoms with Crippen LogP contribution in [-0.2, 0) is 4.74 Å². The summed E-state index contributed by atoms with van der Waals surface area (Å²) in [6, 6.07) is 0. The van der Waals surface area contributed by atoms with Crippen molar-refractivity contribution in [1.82, 2.24) is 10.6 Å². The van der Waals surface area contributed by atoms with Crippen LogP contribution in [0, 0.1) is 11.3 Å². The molecule has 0 radical (unpaired) electrons. The molecule has 2 rings (SSSR count). The van der Waals surface area contributed by atoms with Gasteiger partial charge < -0.3 is 15.4 Å². The fourth-order valence-corrected chi connectivity index (χ4v) is 3.17. The Morgan fingerprint density at radius 2 is 2.35 bits per heavy atom. The molecule has 0 aliphatic carbocycles. The molecular weight excluding hydrogens is 212 g/mol. The molecule has 2 N–H and O–H groups in total. The molecule has 2 fully saturated rings. The van der Waals surface area contributed by atoms with Crippen LogP contribution in [0.3, 0.4) is 0 Å². The molecule has 100 valence electrons. The van der Waals surface area contributed by atoms with Crippen LogP contribution in [0.5, 0.6) is 0 Å². The summed E-state index contributed by atoms with van der Waals surface area (Å²) in [5.41, 5.74) is 0.501. The van der Waals surface area contributed by atoms with Crippen LogP contribution < -0.4 is 10.6 Å². The molecule has 3 atom stereocenters. The van der Waals surface area contributed by atoms with E-state index < -0.39 is 0 Å². The van der Waals surface area contributed by atoms with Crippen molar-refractivity contribution in [1.29, 1.82) is 0 Å². The topological polar surface area (TPSA) is 33.3 Å². The van der Waals surface area contributed by atoms with Gasteiger partial charge in [-0.1, -0.05) is 6.92 Å². The fraction of sp³-hybridized carbons (Fsp3) is 1.00. The minimum Gasteiger partial charge on any atom is -0.378 e. The molecule has 0 spiro atoms. The van der Waals surface area contributed by atoms with Gasteiger partial charge in [0.2, 0.25) is 0 Å². The Morgan fingerprint density at radius 1 is 1.47 bits per heavy atom. The molecule has 2 saturated heterocycles. The van der Waals surface area contributed by atoms with E-state index in [1.54, 1.807) is 0 Å². The highest BCUT2D eigenvalue weighted by Gasteiger charge is 2.30. The predicted molar refractivity (Wildman–Crippen MR) is 71.2 cm³/mol. The van der Waals surface area contributed by atoms with Crippen molar-refractivity contribution in [3.8, 4) is 0 Å². The molecule has 0 aromatic carbocycles. The van der Waals surface area contributed by atoms with Crippen LogP contribution in [0.15, 0.2) is 0 Å². The first kappa shape index (κ1) is 13.3. The average Bonchev–Trinajstić information content (AvgIpc) is 2.76. The summed E-state index contributed by atoms with van der Waals surface area (Å²) in [6.07, 6.45) is 5.66. The SMILES string of the molecule is CCC1(CNCC2CCOC2C)CCCNC1. The van der Waals surface area contributed by atoms with Gasteiger partial charge in [-0.15, -0.1) is 0 Å². The third-order valence-corrected chi connectivity index (χ3v) is 4.75. The first-order valence-corrected chi connectivity index (χ1v) is 7.29. The van der Waals surface area contributed by atoms with Crippen molar-refractivity contribution in [2.24, 2.45) is 11.3 Å². The van der Waals surface area contributed by atoms with Gasteiger partial charge in [0.15, 0.2) is 0 Å². The number of rotatable bonds is 5. The molecule has 0 aromatic heterocycles. The number of hydrogen-bond donors (Lipinski definition) is 2. The molecule has 0 amide bonds. The molecule has 3 nitrogen and oxygen atoms in total. The number of hydrogen-bond acceptors (Lipinski definition) is 3. The van der Waals surface area contributed by atoms with E-state index in [0.29, 0.717) is 11.5 Å². The maximum Gasteiger partial charge on any atom is 0.0588 e. The van der Waals surface area contributed by atoms with Gasteiger partial charge in [-0.05, 0) is 50.5 Å². The second-order valence-electron chi connectivity index (χ2n) is 5.89. The summed E-state index contributed by atoms with van der Waals surface area (Å²) in [5.74, 6) is 0.723. The molecule has 0 saturated carbocycles. The molecule has 3 heteroatoms. The molecule has 0 aromatic rings. The van der Waals surface area contributed by atoms with Crippen LogP contribution >= 0.6 is 0 Å².